The lowest BCUT2D eigenvalue weighted by atomic mass is 10.2. The van der Waals surface area contributed by atoms with Crippen LogP contribution in [0.1, 0.15) is 43.7 Å². The molecule has 0 saturated carbocycles. The molecule has 0 radical (unpaired) electrons. The number of hydrogen-bond acceptors (Lipinski definition) is 7. The molecule has 43 heavy (non-hydrogen) atoms. The molecule has 1 unspecified atom stereocenters. The molecular weight excluding hydrogens is 597 g/mol. The lowest BCUT2D eigenvalue weighted by Gasteiger charge is -2.15. The maximum Gasteiger partial charge on any atom is 0.431 e. The van der Waals surface area contributed by atoms with Crippen LogP contribution in [0, 0.1) is 0 Å². The molecule has 0 fully saturated rings. The van der Waals surface area contributed by atoms with Gasteiger partial charge in [-0.2, -0.15) is 13.2 Å². The summed E-state index contributed by atoms with van der Waals surface area (Å²) in [6, 6.07) is 12.8. The van der Waals surface area contributed by atoms with Gasteiger partial charge in [-0.25, -0.2) is 19.0 Å². The Morgan fingerprint density at radius 3 is 2.16 bits per heavy atom. The number of carbonyl (C=O) groups is 3. The number of rotatable bonds is 7. The van der Waals surface area contributed by atoms with Crippen LogP contribution in [0.5, 0.6) is 0 Å². The molecule has 0 aliphatic rings. The maximum atomic E-state index is 12.9. The highest BCUT2D eigenvalue weighted by Gasteiger charge is 2.35. The molecule has 0 spiro atoms. The zero-order valence-electron chi connectivity index (χ0n) is 23.8. The van der Waals surface area contributed by atoms with Crippen molar-refractivity contribution in [2.45, 2.75) is 46.1 Å². The highest BCUT2D eigenvalue weighted by atomic mass is 35.5. The van der Waals surface area contributed by atoms with Crippen molar-refractivity contribution in [3.05, 3.63) is 91.7 Å². The number of alkyl halides is 3. The Labute approximate surface area is 249 Å². The highest BCUT2D eigenvalue weighted by Crippen LogP contribution is 2.27. The SMILES string of the molecule is CC(C)OC(=O)c1cc(-n2c(=O)cc(C(F)(F)F)n(C)c2=O)ccc1Cl.CCNC(=O)C(C)OC(=O)Nc1ccccc1. The van der Waals surface area contributed by atoms with E-state index in [4.69, 9.17) is 21.1 Å². The molecule has 3 aromatic rings. The molecule has 15 heteroatoms. The van der Waals surface area contributed by atoms with Crippen LogP contribution in [-0.4, -0.2) is 45.9 Å². The maximum absolute atomic E-state index is 12.9. The Kier molecular flexibility index (Phi) is 12.1. The smallest absolute Gasteiger partial charge is 0.431 e. The second-order valence-corrected chi connectivity index (χ2v) is 9.50. The summed E-state index contributed by atoms with van der Waals surface area (Å²) in [5, 5.41) is 5.11. The number of para-hydroxylation sites is 1. The van der Waals surface area contributed by atoms with Crippen molar-refractivity contribution in [3.8, 4) is 5.69 Å². The van der Waals surface area contributed by atoms with E-state index in [1.165, 1.54) is 19.1 Å². The third kappa shape index (κ3) is 9.74. The summed E-state index contributed by atoms with van der Waals surface area (Å²) in [5.74, 6) is -1.10. The van der Waals surface area contributed by atoms with E-state index < -0.39 is 47.4 Å². The van der Waals surface area contributed by atoms with Gasteiger partial charge in [0.2, 0.25) is 0 Å². The van der Waals surface area contributed by atoms with Gasteiger partial charge in [-0.3, -0.25) is 19.5 Å². The number of likely N-dealkylation sites (N-methyl/N-ethyl adjacent to an activating group) is 1. The lowest BCUT2D eigenvalue weighted by molar-refractivity contribution is -0.144. The van der Waals surface area contributed by atoms with Crippen molar-refractivity contribution in [3.63, 3.8) is 0 Å². The van der Waals surface area contributed by atoms with Crippen molar-refractivity contribution in [2.75, 3.05) is 11.9 Å². The third-order valence-electron chi connectivity index (χ3n) is 5.41. The minimum atomic E-state index is -4.86. The molecule has 2 amide bonds. The van der Waals surface area contributed by atoms with Crippen LogP contribution in [0.15, 0.2) is 64.2 Å². The number of anilines is 1. The zero-order chi connectivity index (χ0) is 32.5. The van der Waals surface area contributed by atoms with Crippen LogP contribution < -0.4 is 21.9 Å². The summed E-state index contributed by atoms with van der Waals surface area (Å²) >= 11 is 5.94. The van der Waals surface area contributed by atoms with Gasteiger partial charge in [0.05, 0.1) is 22.4 Å². The van der Waals surface area contributed by atoms with Crippen molar-refractivity contribution < 1.29 is 37.0 Å². The number of halogens is 4. The van der Waals surface area contributed by atoms with E-state index in [1.807, 2.05) is 6.07 Å². The van der Waals surface area contributed by atoms with Crippen molar-refractivity contribution >= 4 is 35.3 Å². The van der Waals surface area contributed by atoms with Gasteiger partial charge in [0.1, 0.15) is 5.69 Å². The van der Waals surface area contributed by atoms with Gasteiger partial charge in [-0.1, -0.05) is 29.8 Å². The lowest BCUT2D eigenvalue weighted by Crippen LogP contribution is -2.40. The van der Waals surface area contributed by atoms with Gasteiger partial charge in [-0.15, -0.1) is 0 Å². The number of carbonyl (C=O) groups excluding carboxylic acids is 3. The fraction of sp³-hybridized carbons (Fsp3) is 0.321. The number of nitrogens with one attached hydrogen (secondary N) is 2. The van der Waals surface area contributed by atoms with Crippen LogP contribution in [0.25, 0.3) is 5.69 Å². The average molecular weight is 627 g/mol. The third-order valence-corrected chi connectivity index (χ3v) is 5.74. The van der Waals surface area contributed by atoms with E-state index in [2.05, 4.69) is 10.6 Å². The van der Waals surface area contributed by atoms with Crippen molar-refractivity contribution in [1.82, 2.24) is 14.5 Å². The van der Waals surface area contributed by atoms with Crippen LogP contribution in [0.4, 0.5) is 23.7 Å². The molecular formula is C28H30ClF3N4O7. The first-order valence-corrected chi connectivity index (χ1v) is 13.2. The van der Waals surface area contributed by atoms with Gasteiger partial charge in [0.15, 0.2) is 6.10 Å². The number of aromatic nitrogens is 2. The predicted molar refractivity (Wildman–Crippen MR) is 153 cm³/mol. The molecule has 2 N–H and O–H groups in total. The monoisotopic (exact) mass is 626 g/mol. The van der Waals surface area contributed by atoms with E-state index in [9.17, 15) is 37.1 Å². The molecule has 3 rings (SSSR count). The van der Waals surface area contributed by atoms with Crippen LogP contribution in [0.3, 0.4) is 0 Å². The summed E-state index contributed by atoms with van der Waals surface area (Å²) in [6.07, 6.45) is -6.75. The van der Waals surface area contributed by atoms with Gasteiger partial charge < -0.3 is 14.8 Å². The number of benzene rings is 2. The molecule has 0 aliphatic heterocycles. The summed E-state index contributed by atoms with van der Waals surface area (Å²) in [6.45, 7) is 7.06. The molecule has 1 atom stereocenters. The fourth-order valence-corrected chi connectivity index (χ4v) is 3.62. The normalized spacial score (nSPS) is 11.6. The molecule has 0 bridgehead atoms. The van der Waals surface area contributed by atoms with E-state index in [0.29, 0.717) is 27.4 Å². The molecule has 1 heterocycles. The topological polar surface area (TPSA) is 138 Å². The zero-order valence-corrected chi connectivity index (χ0v) is 24.6. The fourth-order valence-electron chi connectivity index (χ4n) is 3.42. The number of hydrogen-bond donors (Lipinski definition) is 2. The molecule has 0 aliphatic carbocycles. The standard InChI is InChI=1S/C16H14ClF3N2O4.C12H16N2O3/c1-8(2)26-14(24)10-6-9(4-5-11(10)17)22-13(23)7-12(16(18,19)20)21(3)15(22)25;1-3-13-11(15)9(2)17-12(16)14-10-7-5-4-6-8-10/h4-8H,1-3H3;4-9H,3H2,1-2H3,(H,13,15)(H,14,16). The minimum Gasteiger partial charge on any atom is -0.459 e. The van der Waals surface area contributed by atoms with Crippen molar-refractivity contribution in [2.24, 2.45) is 7.05 Å². The first kappa shape index (κ1) is 34.6. The molecule has 0 saturated heterocycles. The van der Waals surface area contributed by atoms with Gasteiger partial charge in [0, 0.05) is 25.3 Å². The highest BCUT2D eigenvalue weighted by molar-refractivity contribution is 6.33. The molecule has 2 aromatic carbocycles. The Morgan fingerprint density at radius 2 is 1.60 bits per heavy atom. The Bertz CT molecular complexity index is 1570. The summed E-state index contributed by atoms with van der Waals surface area (Å²) < 4.78 is 49.4. The van der Waals surface area contributed by atoms with Crippen LogP contribution in [-0.2, 0) is 27.5 Å². The predicted octanol–water partition coefficient (Wildman–Crippen LogP) is 4.53. The number of amides is 2. The first-order chi connectivity index (χ1) is 20.1. The summed E-state index contributed by atoms with van der Waals surface area (Å²) in [7, 11) is 0.894. The number of nitrogens with zero attached hydrogens (tertiary/aromatic N) is 2. The van der Waals surface area contributed by atoms with Gasteiger partial charge in [-0.05, 0) is 58.0 Å². The largest absolute Gasteiger partial charge is 0.459 e. The second kappa shape index (κ2) is 15.0. The van der Waals surface area contributed by atoms with E-state index >= 15 is 0 Å². The van der Waals surface area contributed by atoms with E-state index in [-0.39, 0.29) is 22.2 Å². The number of esters is 1. The average Bonchev–Trinajstić information content (AvgIpc) is 2.91. The van der Waals surface area contributed by atoms with Gasteiger partial charge >= 0.3 is 23.9 Å². The van der Waals surface area contributed by atoms with E-state index in [0.717, 1.165) is 13.1 Å². The molecule has 232 valence electrons. The molecule has 1 aromatic heterocycles. The Hall–Kier alpha value is -4.59. The van der Waals surface area contributed by atoms with Gasteiger partial charge in [0.25, 0.3) is 11.5 Å². The second-order valence-electron chi connectivity index (χ2n) is 9.09. The minimum absolute atomic E-state index is 0.0104. The quantitative estimate of drug-likeness (QED) is 0.368. The molecule has 11 nitrogen and oxygen atoms in total. The Morgan fingerprint density at radius 1 is 0.977 bits per heavy atom. The van der Waals surface area contributed by atoms with Crippen LogP contribution >= 0.6 is 11.6 Å². The first-order valence-electron chi connectivity index (χ1n) is 12.8. The Balaban J connectivity index is 0.000000329. The van der Waals surface area contributed by atoms with Crippen LogP contribution in [0.2, 0.25) is 5.02 Å². The summed E-state index contributed by atoms with van der Waals surface area (Å²) in [5.41, 5.74) is -3.38. The summed E-state index contributed by atoms with van der Waals surface area (Å²) in [4.78, 5) is 59.2. The van der Waals surface area contributed by atoms with E-state index in [1.54, 1.807) is 45.0 Å². The number of ether oxygens (including phenoxy) is 2. The van der Waals surface area contributed by atoms with Crippen molar-refractivity contribution in [1.29, 1.82) is 0 Å².